The van der Waals surface area contributed by atoms with Crippen molar-refractivity contribution in [3.8, 4) is 6.07 Å². The molecule has 0 saturated carbocycles. The van der Waals surface area contributed by atoms with Gasteiger partial charge in [-0.2, -0.15) is 5.26 Å². The summed E-state index contributed by atoms with van der Waals surface area (Å²) in [5.41, 5.74) is 0.854. The Hall–Kier alpha value is -1.67. The summed E-state index contributed by atoms with van der Waals surface area (Å²) in [5, 5.41) is 20.9. The average Bonchev–Trinajstić information content (AvgIpc) is 2.26. The van der Waals surface area contributed by atoms with E-state index >= 15 is 0 Å². The number of rotatable bonds is 4. The van der Waals surface area contributed by atoms with Crippen molar-refractivity contribution in [2.45, 2.75) is 20.8 Å². The van der Waals surface area contributed by atoms with Gasteiger partial charge in [-0.05, 0) is 13.0 Å². The molecule has 0 aliphatic heterocycles. The molecular weight excluding hydrogens is 204 g/mol. The molecule has 5 heteroatoms. The predicted octanol–water partition coefficient (Wildman–Crippen LogP) is 1.09. The molecule has 0 unspecified atom stereocenters. The van der Waals surface area contributed by atoms with Gasteiger partial charge in [0.15, 0.2) is 0 Å². The summed E-state index contributed by atoms with van der Waals surface area (Å²) in [6, 6.07) is 3.61. The monoisotopic (exact) mass is 220 g/mol. The van der Waals surface area contributed by atoms with Crippen molar-refractivity contribution in [1.29, 1.82) is 5.26 Å². The van der Waals surface area contributed by atoms with Gasteiger partial charge in [0.2, 0.25) is 5.95 Å². The number of aryl methyl sites for hydroxylation is 1. The molecule has 0 saturated heterocycles. The molecular formula is C11H16N4O. The van der Waals surface area contributed by atoms with Crippen molar-refractivity contribution in [3.05, 3.63) is 17.5 Å². The fourth-order valence-corrected chi connectivity index (χ4v) is 1.08. The van der Waals surface area contributed by atoms with E-state index in [1.54, 1.807) is 6.07 Å². The molecule has 0 amide bonds. The van der Waals surface area contributed by atoms with Crippen LogP contribution in [0.2, 0.25) is 0 Å². The summed E-state index contributed by atoms with van der Waals surface area (Å²) in [7, 11) is 0. The number of nitriles is 1. The predicted molar refractivity (Wildman–Crippen MR) is 60.8 cm³/mol. The Bertz CT molecular complexity index is 409. The summed E-state index contributed by atoms with van der Waals surface area (Å²) in [6.45, 7) is 6.31. The molecule has 0 aliphatic rings. The molecule has 0 atom stereocenters. The number of nitrogens with zero attached hydrogens (tertiary/aromatic N) is 3. The van der Waals surface area contributed by atoms with Crippen LogP contribution in [-0.2, 0) is 0 Å². The smallest absolute Gasteiger partial charge is 0.224 e. The van der Waals surface area contributed by atoms with Crippen LogP contribution in [0.3, 0.4) is 0 Å². The molecule has 0 aromatic carbocycles. The fourth-order valence-electron chi connectivity index (χ4n) is 1.08. The zero-order valence-electron chi connectivity index (χ0n) is 9.78. The number of anilines is 1. The lowest BCUT2D eigenvalue weighted by Crippen LogP contribution is -2.27. The van der Waals surface area contributed by atoms with E-state index in [4.69, 9.17) is 10.4 Å². The maximum absolute atomic E-state index is 9.09. The second kappa shape index (κ2) is 4.90. The molecule has 0 aliphatic carbocycles. The molecule has 1 rings (SSSR count). The second-order valence-electron chi connectivity index (χ2n) is 4.51. The zero-order chi connectivity index (χ0) is 12.2. The van der Waals surface area contributed by atoms with Crippen LogP contribution in [-0.4, -0.2) is 28.2 Å². The first kappa shape index (κ1) is 12.4. The molecule has 5 nitrogen and oxygen atoms in total. The number of aliphatic hydroxyl groups is 1. The third kappa shape index (κ3) is 3.48. The van der Waals surface area contributed by atoms with Crippen molar-refractivity contribution in [2.24, 2.45) is 5.41 Å². The first-order chi connectivity index (χ1) is 7.46. The van der Waals surface area contributed by atoms with Gasteiger partial charge >= 0.3 is 0 Å². The minimum Gasteiger partial charge on any atom is -0.396 e. The maximum atomic E-state index is 9.09. The van der Waals surface area contributed by atoms with E-state index in [1.165, 1.54) is 0 Å². The van der Waals surface area contributed by atoms with E-state index in [1.807, 2.05) is 26.8 Å². The van der Waals surface area contributed by atoms with Gasteiger partial charge in [0, 0.05) is 24.3 Å². The van der Waals surface area contributed by atoms with Crippen LogP contribution in [0.5, 0.6) is 0 Å². The molecule has 0 bridgehead atoms. The minimum atomic E-state index is -0.236. The Morgan fingerprint density at radius 1 is 1.50 bits per heavy atom. The van der Waals surface area contributed by atoms with Crippen LogP contribution < -0.4 is 5.32 Å². The van der Waals surface area contributed by atoms with Crippen LogP contribution in [0.4, 0.5) is 5.95 Å². The van der Waals surface area contributed by atoms with Gasteiger partial charge in [-0.3, -0.25) is 0 Å². The number of hydrogen-bond donors (Lipinski definition) is 2. The van der Waals surface area contributed by atoms with Crippen molar-refractivity contribution < 1.29 is 5.11 Å². The summed E-state index contributed by atoms with van der Waals surface area (Å²) in [6.07, 6.45) is 0. The van der Waals surface area contributed by atoms with Crippen LogP contribution in [0.15, 0.2) is 6.07 Å². The van der Waals surface area contributed by atoms with Crippen LogP contribution in [0.1, 0.15) is 25.2 Å². The van der Waals surface area contributed by atoms with E-state index in [0.29, 0.717) is 18.2 Å². The highest BCUT2D eigenvalue weighted by molar-refractivity contribution is 5.33. The van der Waals surface area contributed by atoms with E-state index < -0.39 is 0 Å². The van der Waals surface area contributed by atoms with Crippen LogP contribution in [0.25, 0.3) is 0 Å². The van der Waals surface area contributed by atoms with E-state index in [0.717, 1.165) is 5.69 Å². The third-order valence-electron chi connectivity index (χ3n) is 2.12. The lowest BCUT2D eigenvalue weighted by molar-refractivity contribution is 0.170. The highest BCUT2D eigenvalue weighted by atomic mass is 16.3. The van der Waals surface area contributed by atoms with Crippen molar-refractivity contribution in [2.75, 3.05) is 18.5 Å². The molecule has 2 N–H and O–H groups in total. The third-order valence-corrected chi connectivity index (χ3v) is 2.12. The SMILES string of the molecule is Cc1cc(C#N)nc(NCC(C)(C)CO)n1. The Balaban J connectivity index is 2.75. The Labute approximate surface area is 95.2 Å². The van der Waals surface area contributed by atoms with Gasteiger partial charge in [0.1, 0.15) is 11.8 Å². The lowest BCUT2D eigenvalue weighted by atomic mass is 9.95. The average molecular weight is 220 g/mol. The van der Waals surface area contributed by atoms with Gasteiger partial charge < -0.3 is 10.4 Å². The Kier molecular flexibility index (Phi) is 3.80. The van der Waals surface area contributed by atoms with Crippen LogP contribution in [0, 0.1) is 23.7 Å². The summed E-state index contributed by atoms with van der Waals surface area (Å²) in [5.74, 6) is 0.429. The van der Waals surface area contributed by atoms with Crippen LogP contribution >= 0.6 is 0 Å². The lowest BCUT2D eigenvalue weighted by Gasteiger charge is -2.21. The van der Waals surface area contributed by atoms with Gasteiger partial charge in [-0.1, -0.05) is 13.8 Å². The van der Waals surface area contributed by atoms with E-state index in [2.05, 4.69) is 15.3 Å². The first-order valence-electron chi connectivity index (χ1n) is 5.07. The maximum Gasteiger partial charge on any atom is 0.224 e. The number of aromatic nitrogens is 2. The van der Waals surface area contributed by atoms with E-state index in [9.17, 15) is 0 Å². The van der Waals surface area contributed by atoms with Crippen molar-refractivity contribution >= 4 is 5.95 Å². The van der Waals surface area contributed by atoms with Gasteiger partial charge in [0.05, 0.1) is 0 Å². The molecule has 16 heavy (non-hydrogen) atoms. The summed E-state index contributed by atoms with van der Waals surface area (Å²) >= 11 is 0. The minimum absolute atomic E-state index is 0.0803. The molecule has 0 fully saturated rings. The highest BCUT2D eigenvalue weighted by Gasteiger charge is 2.16. The molecule has 1 heterocycles. The van der Waals surface area contributed by atoms with E-state index in [-0.39, 0.29) is 12.0 Å². The van der Waals surface area contributed by atoms with Crippen molar-refractivity contribution in [1.82, 2.24) is 9.97 Å². The quantitative estimate of drug-likeness (QED) is 0.793. The molecule has 86 valence electrons. The molecule has 0 radical (unpaired) electrons. The number of nitrogens with one attached hydrogen (secondary N) is 1. The molecule has 1 aromatic heterocycles. The Morgan fingerprint density at radius 3 is 2.75 bits per heavy atom. The molecule has 0 spiro atoms. The van der Waals surface area contributed by atoms with Gasteiger partial charge in [-0.15, -0.1) is 0 Å². The zero-order valence-corrected chi connectivity index (χ0v) is 9.78. The van der Waals surface area contributed by atoms with Gasteiger partial charge in [-0.25, -0.2) is 9.97 Å². The van der Waals surface area contributed by atoms with Crippen molar-refractivity contribution in [3.63, 3.8) is 0 Å². The summed E-state index contributed by atoms with van der Waals surface area (Å²) < 4.78 is 0. The number of hydrogen-bond acceptors (Lipinski definition) is 5. The second-order valence-corrected chi connectivity index (χ2v) is 4.51. The normalized spacial score (nSPS) is 10.9. The number of aliphatic hydroxyl groups excluding tert-OH is 1. The standard InChI is InChI=1S/C11H16N4O/c1-8-4-9(5-12)15-10(14-8)13-6-11(2,3)7-16/h4,16H,6-7H2,1-3H3,(H,13,14,15). The highest BCUT2D eigenvalue weighted by Crippen LogP contribution is 2.14. The topological polar surface area (TPSA) is 81.8 Å². The van der Waals surface area contributed by atoms with Gasteiger partial charge in [0.25, 0.3) is 0 Å². The first-order valence-corrected chi connectivity index (χ1v) is 5.07. The Morgan fingerprint density at radius 2 is 2.19 bits per heavy atom. The summed E-state index contributed by atoms with van der Waals surface area (Å²) in [4.78, 5) is 8.19. The fraction of sp³-hybridized carbons (Fsp3) is 0.545. The molecule has 1 aromatic rings. The largest absolute Gasteiger partial charge is 0.396 e.